The van der Waals surface area contributed by atoms with E-state index in [9.17, 15) is 9.59 Å². The number of H-pyrrole nitrogens is 1. The molecule has 5 nitrogen and oxygen atoms in total. The van der Waals surface area contributed by atoms with Crippen LogP contribution in [0.4, 0.5) is 10.5 Å². The average molecular weight is 286 g/mol. The molecule has 5 heteroatoms. The van der Waals surface area contributed by atoms with Crippen LogP contribution in [-0.4, -0.2) is 16.7 Å². The smallest absolute Gasteiger partial charge is 0.412 e. The normalized spacial score (nSPS) is 11.0. The van der Waals surface area contributed by atoms with Crippen molar-refractivity contribution in [3.63, 3.8) is 0 Å². The Bertz CT molecular complexity index is 682. The zero-order valence-electron chi connectivity index (χ0n) is 12.3. The molecule has 1 aromatic carbocycles. The maximum atomic E-state index is 11.6. The number of hydrogen-bond acceptors (Lipinski definition) is 3. The predicted octanol–water partition coefficient (Wildman–Crippen LogP) is 3.39. The number of anilines is 1. The second kappa shape index (κ2) is 5.83. The third-order valence-corrected chi connectivity index (χ3v) is 2.61. The third-order valence-electron chi connectivity index (χ3n) is 2.61. The molecule has 110 valence electrons. The van der Waals surface area contributed by atoms with Crippen LogP contribution in [0.2, 0.25) is 0 Å². The van der Waals surface area contributed by atoms with E-state index < -0.39 is 11.7 Å². The van der Waals surface area contributed by atoms with Crippen LogP contribution in [0.15, 0.2) is 47.3 Å². The van der Waals surface area contributed by atoms with Crippen molar-refractivity contribution < 1.29 is 9.53 Å². The molecule has 0 unspecified atom stereocenters. The number of aromatic nitrogens is 1. The molecule has 0 saturated carbocycles. The van der Waals surface area contributed by atoms with Crippen LogP contribution in [-0.2, 0) is 4.74 Å². The summed E-state index contributed by atoms with van der Waals surface area (Å²) in [6.07, 6.45) is -0.497. The molecule has 0 saturated heterocycles. The first-order chi connectivity index (χ1) is 9.83. The molecule has 0 fully saturated rings. The van der Waals surface area contributed by atoms with Gasteiger partial charge in [-0.3, -0.25) is 10.1 Å². The number of hydrogen-bond donors (Lipinski definition) is 2. The zero-order chi connectivity index (χ0) is 15.5. The quantitative estimate of drug-likeness (QED) is 0.889. The second-order valence-electron chi connectivity index (χ2n) is 5.63. The number of ether oxygens (including phenoxy) is 1. The minimum absolute atomic E-state index is 0.150. The van der Waals surface area contributed by atoms with Crippen LogP contribution < -0.4 is 10.9 Å². The van der Waals surface area contributed by atoms with Gasteiger partial charge in [-0.2, -0.15) is 0 Å². The summed E-state index contributed by atoms with van der Waals surface area (Å²) in [5.41, 5.74) is 1.54. The fourth-order valence-corrected chi connectivity index (χ4v) is 1.77. The highest BCUT2D eigenvalue weighted by Crippen LogP contribution is 2.19. The molecule has 0 atom stereocenters. The third kappa shape index (κ3) is 4.49. The van der Waals surface area contributed by atoms with Crippen LogP contribution in [0, 0.1) is 0 Å². The van der Waals surface area contributed by atoms with E-state index in [1.54, 1.807) is 39.0 Å². The monoisotopic (exact) mass is 286 g/mol. The van der Waals surface area contributed by atoms with Crippen molar-refractivity contribution in [1.29, 1.82) is 0 Å². The SMILES string of the molecule is CC(C)(C)OC(=O)Nc1ccc(-c2cccc(=O)[nH]2)cc1. The van der Waals surface area contributed by atoms with Crippen molar-refractivity contribution in [2.75, 3.05) is 5.32 Å². The molecule has 1 aromatic heterocycles. The Morgan fingerprint density at radius 3 is 2.33 bits per heavy atom. The Kier molecular flexibility index (Phi) is 4.12. The number of amides is 1. The van der Waals surface area contributed by atoms with E-state index in [1.807, 2.05) is 18.2 Å². The van der Waals surface area contributed by atoms with Gasteiger partial charge in [0.05, 0.1) is 0 Å². The molecule has 1 heterocycles. The summed E-state index contributed by atoms with van der Waals surface area (Å²) >= 11 is 0. The summed E-state index contributed by atoms with van der Waals surface area (Å²) in [6, 6.07) is 12.1. The van der Waals surface area contributed by atoms with Gasteiger partial charge in [-0.1, -0.05) is 18.2 Å². The molecule has 0 aliphatic heterocycles. The molecule has 0 bridgehead atoms. The number of pyridine rings is 1. The Morgan fingerprint density at radius 2 is 1.76 bits per heavy atom. The van der Waals surface area contributed by atoms with E-state index in [0.717, 1.165) is 11.3 Å². The molecule has 0 aliphatic carbocycles. The standard InChI is InChI=1S/C16H18N2O3/c1-16(2,3)21-15(20)17-12-9-7-11(8-10-12)13-5-4-6-14(19)18-13/h4-10H,1-3H3,(H,17,20)(H,18,19). The van der Waals surface area contributed by atoms with Gasteiger partial charge in [-0.15, -0.1) is 0 Å². The van der Waals surface area contributed by atoms with Crippen molar-refractivity contribution in [1.82, 2.24) is 4.98 Å². The molecule has 1 amide bonds. The van der Waals surface area contributed by atoms with Crippen molar-refractivity contribution >= 4 is 11.8 Å². The van der Waals surface area contributed by atoms with E-state index in [2.05, 4.69) is 10.3 Å². The highest BCUT2D eigenvalue weighted by Gasteiger charge is 2.16. The number of carbonyl (C=O) groups excluding carboxylic acids is 1. The summed E-state index contributed by atoms with van der Waals surface area (Å²) in [6.45, 7) is 5.42. The summed E-state index contributed by atoms with van der Waals surface area (Å²) < 4.78 is 5.17. The summed E-state index contributed by atoms with van der Waals surface area (Å²) in [4.78, 5) is 25.7. The molecule has 0 radical (unpaired) electrons. The summed E-state index contributed by atoms with van der Waals surface area (Å²) in [5, 5.41) is 2.66. The molecular weight excluding hydrogens is 268 g/mol. The molecule has 0 aliphatic rings. The fraction of sp³-hybridized carbons (Fsp3) is 0.250. The minimum Gasteiger partial charge on any atom is -0.444 e. The van der Waals surface area contributed by atoms with E-state index >= 15 is 0 Å². The van der Waals surface area contributed by atoms with Gasteiger partial charge < -0.3 is 9.72 Å². The predicted molar refractivity (Wildman–Crippen MR) is 82.4 cm³/mol. The van der Waals surface area contributed by atoms with E-state index in [1.165, 1.54) is 6.07 Å². The second-order valence-corrected chi connectivity index (χ2v) is 5.63. The lowest BCUT2D eigenvalue weighted by Gasteiger charge is -2.19. The lowest BCUT2D eigenvalue weighted by Crippen LogP contribution is -2.27. The highest BCUT2D eigenvalue weighted by molar-refractivity contribution is 5.85. The van der Waals surface area contributed by atoms with E-state index in [0.29, 0.717) is 5.69 Å². The molecule has 0 spiro atoms. The number of nitrogens with one attached hydrogen (secondary N) is 2. The molecular formula is C16H18N2O3. The number of rotatable bonds is 2. The van der Waals surface area contributed by atoms with Crippen molar-refractivity contribution in [3.05, 3.63) is 52.8 Å². The van der Waals surface area contributed by atoms with Crippen molar-refractivity contribution in [2.24, 2.45) is 0 Å². The largest absolute Gasteiger partial charge is 0.444 e. The Labute approximate surface area is 123 Å². The van der Waals surface area contributed by atoms with E-state index in [-0.39, 0.29) is 5.56 Å². The van der Waals surface area contributed by atoms with Gasteiger partial charge in [0.15, 0.2) is 0 Å². The fourth-order valence-electron chi connectivity index (χ4n) is 1.77. The van der Waals surface area contributed by atoms with Crippen LogP contribution >= 0.6 is 0 Å². The molecule has 2 rings (SSSR count). The van der Waals surface area contributed by atoms with Crippen molar-refractivity contribution in [2.45, 2.75) is 26.4 Å². The van der Waals surface area contributed by atoms with Crippen LogP contribution in [0.1, 0.15) is 20.8 Å². The number of benzene rings is 1. The van der Waals surface area contributed by atoms with Crippen LogP contribution in [0.3, 0.4) is 0 Å². The molecule has 2 N–H and O–H groups in total. The molecule has 2 aromatic rings. The highest BCUT2D eigenvalue weighted by atomic mass is 16.6. The van der Waals surface area contributed by atoms with Gasteiger partial charge in [-0.25, -0.2) is 4.79 Å². The lowest BCUT2D eigenvalue weighted by atomic mass is 10.1. The Hall–Kier alpha value is -2.56. The maximum Gasteiger partial charge on any atom is 0.412 e. The Morgan fingerprint density at radius 1 is 1.10 bits per heavy atom. The lowest BCUT2D eigenvalue weighted by molar-refractivity contribution is 0.0636. The topological polar surface area (TPSA) is 71.2 Å². The van der Waals surface area contributed by atoms with Gasteiger partial charge in [0, 0.05) is 17.4 Å². The molecule has 21 heavy (non-hydrogen) atoms. The summed E-state index contributed by atoms with van der Waals surface area (Å²) in [7, 11) is 0. The first kappa shape index (κ1) is 14.8. The van der Waals surface area contributed by atoms with Gasteiger partial charge in [-0.05, 0) is 44.5 Å². The maximum absolute atomic E-state index is 11.6. The minimum atomic E-state index is -0.534. The first-order valence-electron chi connectivity index (χ1n) is 6.63. The van der Waals surface area contributed by atoms with Gasteiger partial charge in [0.25, 0.3) is 0 Å². The number of carbonyl (C=O) groups is 1. The van der Waals surface area contributed by atoms with Crippen LogP contribution in [0.5, 0.6) is 0 Å². The summed E-state index contributed by atoms with van der Waals surface area (Å²) in [5.74, 6) is 0. The average Bonchev–Trinajstić information content (AvgIpc) is 2.37. The van der Waals surface area contributed by atoms with Gasteiger partial charge >= 0.3 is 6.09 Å². The van der Waals surface area contributed by atoms with Crippen molar-refractivity contribution in [3.8, 4) is 11.3 Å². The van der Waals surface area contributed by atoms with E-state index in [4.69, 9.17) is 4.74 Å². The van der Waals surface area contributed by atoms with Gasteiger partial charge in [0.1, 0.15) is 5.60 Å². The van der Waals surface area contributed by atoms with Gasteiger partial charge in [0.2, 0.25) is 5.56 Å². The zero-order valence-corrected chi connectivity index (χ0v) is 12.3. The Balaban J connectivity index is 2.09. The van der Waals surface area contributed by atoms with Crippen LogP contribution in [0.25, 0.3) is 11.3 Å². The number of aromatic amines is 1. The first-order valence-corrected chi connectivity index (χ1v) is 6.63.